The molecule has 116 valence electrons. The number of benzene rings is 1. The summed E-state index contributed by atoms with van der Waals surface area (Å²) in [5.41, 5.74) is 8.82. The number of hydrogen-bond acceptors (Lipinski definition) is 4. The van der Waals surface area contributed by atoms with Gasteiger partial charge in [-0.25, -0.2) is 4.98 Å². The second-order valence-electron chi connectivity index (χ2n) is 5.56. The molecule has 23 heavy (non-hydrogen) atoms. The first-order chi connectivity index (χ1) is 11.0. The number of rotatable bonds is 2. The molecule has 0 aliphatic carbocycles. The summed E-state index contributed by atoms with van der Waals surface area (Å²) in [5, 5.41) is 9.91. The Balaban J connectivity index is 2.13. The Morgan fingerprint density at radius 3 is 2.78 bits per heavy atom. The van der Waals surface area contributed by atoms with Gasteiger partial charge in [-0.3, -0.25) is 4.79 Å². The van der Waals surface area contributed by atoms with Crippen molar-refractivity contribution in [3.63, 3.8) is 0 Å². The van der Waals surface area contributed by atoms with Gasteiger partial charge in [0.05, 0.1) is 10.6 Å². The van der Waals surface area contributed by atoms with Crippen LogP contribution >= 0.6 is 11.6 Å². The topological polar surface area (TPSA) is 83.0 Å². The molecule has 0 bridgehead atoms. The molecular formula is C17H15ClN4O. The fourth-order valence-corrected chi connectivity index (χ4v) is 3.06. The van der Waals surface area contributed by atoms with E-state index in [1.807, 2.05) is 24.3 Å². The van der Waals surface area contributed by atoms with E-state index in [9.17, 15) is 10.1 Å². The number of pyridine rings is 1. The average molecular weight is 327 g/mol. The Morgan fingerprint density at radius 2 is 2.13 bits per heavy atom. The van der Waals surface area contributed by atoms with Crippen LogP contribution in [-0.4, -0.2) is 16.9 Å². The maximum Gasteiger partial charge on any atom is 0.240 e. The molecule has 1 aliphatic rings. The highest BCUT2D eigenvalue weighted by atomic mass is 35.5. The zero-order chi connectivity index (χ0) is 16.6. The SMILES string of the molecule is Cc1c(Cl)cnc(N2Cc3ccccc3C[C@H]2C(N)=O)c1C#N. The zero-order valence-electron chi connectivity index (χ0n) is 12.6. The van der Waals surface area contributed by atoms with Crippen molar-refractivity contribution in [1.82, 2.24) is 4.98 Å². The van der Waals surface area contributed by atoms with Crippen molar-refractivity contribution in [2.24, 2.45) is 5.73 Å². The van der Waals surface area contributed by atoms with Crippen molar-refractivity contribution in [1.29, 1.82) is 5.26 Å². The maximum absolute atomic E-state index is 11.9. The lowest BCUT2D eigenvalue weighted by molar-refractivity contribution is -0.119. The van der Waals surface area contributed by atoms with Gasteiger partial charge >= 0.3 is 0 Å². The number of nitrogens with two attached hydrogens (primary N) is 1. The number of amides is 1. The molecule has 1 aromatic carbocycles. The molecule has 2 heterocycles. The highest BCUT2D eigenvalue weighted by Crippen LogP contribution is 2.32. The predicted octanol–water partition coefficient (Wildman–Crippen LogP) is 2.33. The van der Waals surface area contributed by atoms with E-state index in [0.29, 0.717) is 34.9 Å². The molecule has 0 fully saturated rings. The summed E-state index contributed by atoms with van der Waals surface area (Å²) in [4.78, 5) is 18.0. The molecule has 0 saturated carbocycles. The van der Waals surface area contributed by atoms with E-state index in [1.54, 1.807) is 11.8 Å². The molecule has 0 saturated heterocycles. The molecule has 1 aliphatic heterocycles. The Kier molecular flexibility index (Phi) is 3.93. The van der Waals surface area contributed by atoms with Crippen molar-refractivity contribution in [2.75, 3.05) is 4.90 Å². The standard InChI is InChI=1S/C17H15ClN4O/c1-10-13(7-19)17(21-8-14(10)18)22-9-12-5-3-2-4-11(12)6-15(22)16(20)23/h2-5,8,15H,6,9H2,1H3,(H2,20,23)/t15-/m0/s1. The number of primary amides is 1. The number of hydrogen-bond donors (Lipinski definition) is 1. The largest absolute Gasteiger partial charge is 0.368 e. The number of nitriles is 1. The molecule has 2 aromatic rings. The molecule has 3 rings (SSSR count). The van der Waals surface area contributed by atoms with Crippen molar-refractivity contribution in [2.45, 2.75) is 25.9 Å². The van der Waals surface area contributed by atoms with Gasteiger partial charge in [0, 0.05) is 19.2 Å². The van der Waals surface area contributed by atoms with Crippen LogP contribution in [0.1, 0.15) is 22.3 Å². The van der Waals surface area contributed by atoms with Crippen LogP contribution in [0, 0.1) is 18.3 Å². The van der Waals surface area contributed by atoms with Crippen LogP contribution in [0.4, 0.5) is 5.82 Å². The minimum Gasteiger partial charge on any atom is -0.368 e. The first kappa shape index (κ1) is 15.3. The highest BCUT2D eigenvalue weighted by Gasteiger charge is 2.32. The fourth-order valence-electron chi connectivity index (χ4n) is 2.92. The smallest absolute Gasteiger partial charge is 0.240 e. The van der Waals surface area contributed by atoms with Crippen LogP contribution in [0.5, 0.6) is 0 Å². The van der Waals surface area contributed by atoms with E-state index >= 15 is 0 Å². The normalized spacial score (nSPS) is 16.6. The van der Waals surface area contributed by atoms with Gasteiger partial charge in [-0.2, -0.15) is 5.26 Å². The van der Waals surface area contributed by atoms with E-state index in [-0.39, 0.29) is 0 Å². The number of halogens is 1. The van der Waals surface area contributed by atoms with Gasteiger partial charge < -0.3 is 10.6 Å². The highest BCUT2D eigenvalue weighted by molar-refractivity contribution is 6.31. The minimum absolute atomic E-state index is 0.378. The van der Waals surface area contributed by atoms with Gasteiger partial charge in [0.1, 0.15) is 17.9 Å². The quantitative estimate of drug-likeness (QED) is 0.918. The summed E-state index contributed by atoms with van der Waals surface area (Å²) in [6.07, 6.45) is 2.01. The maximum atomic E-state index is 11.9. The number of anilines is 1. The Bertz CT molecular complexity index is 828. The summed E-state index contributed by atoms with van der Waals surface area (Å²) in [5.74, 6) is 0.0190. The summed E-state index contributed by atoms with van der Waals surface area (Å²) in [7, 11) is 0. The van der Waals surface area contributed by atoms with Gasteiger partial charge in [-0.15, -0.1) is 0 Å². The number of carbonyl (C=O) groups excluding carboxylic acids is 1. The van der Waals surface area contributed by atoms with Gasteiger partial charge in [-0.05, 0) is 23.6 Å². The van der Waals surface area contributed by atoms with Crippen LogP contribution in [0.3, 0.4) is 0 Å². The van der Waals surface area contributed by atoms with E-state index in [0.717, 1.165) is 11.1 Å². The summed E-state index contributed by atoms with van der Waals surface area (Å²) in [6, 6.07) is 9.50. The second-order valence-corrected chi connectivity index (χ2v) is 5.97. The van der Waals surface area contributed by atoms with Crippen molar-refractivity contribution >= 4 is 23.3 Å². The molecule has 6 heteroatoms. The van der Waals surface area contributed by atoms with E-state index in [4.69, 9.17) is 17.3 Å². The van der Waals surface area contributed by atoms with E-state index in [2.05, 4.69) is 11.1 Å². The molecular weight excluding hydrogens is 312 g/mol. The van der Waals surface area contributed by atoms with Crippen LogP contribution in [0.2, 0.25) is 5.02 Å². The minimum atomic E-state index is -0.537. The average Bonchev–Trinajstić information content (AvgIpc) is 2.56. The molecule has 2 N–H and O–H groups in total. The van der Waals surface area contributed by atoms with Gasteiger partial charge in [0.2, 0.25) is 5.91 Å². The van der Waals surface area contributed by atoms with E-state index in [1.165, 1.54) is 6.20 Å². The lowest BCUT2D eigenvalue weighted by Gasteiger charge is -2.36. The first-order valence-corrected chi connectivity index (χ1v) is 7.58. The zero-order valence-corrected chi connectivity index (χ0v) is 13.3. The first-order valence-electron chi connectivity index (χ1n) is 7.21. The molecule has 1 atom stereocenters. The van der Waals surface area contributed by atoms with Gasteiger partial charge in [0.25, 0.3) is 0 Å². The van der Waals surface area contributed by atoms with E-state index < -0.39 is 11.9 Å². The van der Waals surface area contributed by atoms with Crippen molar-refractivity contribution in [3.05, 3.63) is 57.7 Å². The summed E-state index contributed by atoms with van der Waals surface area (Å²) >= 11 is 6.06. The molecule has 0 radical (unpaired) electrons. The Labute approximate surface area is 139 Å². The third-order valence-corrected chi connectivity index (χ3v) is 4.60. The fraction of sp³-hybridized carbons (Fsp3) is 0.235. The molecule has 1 amide bonds. The third-order valence-electron chi connectivity index (χ3n) is 4.22. The van der Waals surface area contributed by atoms with Crippen molar-refractivity contribution in [3.8, 4) is 6.07 Å². The Morgan fingerprint density at radius 1 is 1.43 bits per heavy atom. The third kappa shape index (κ3) is 2.62. The number of carbonyl (C=O) groups is 1. The van der Waals surface area contributed by atoms with Crippen LogP contribution in [-0.2, 0) is 17.8 Å². The molecule has 0 unspecified atom stereocenters. The summed E-state index contributed by atoms with van der Waals surface area (Å²) in [6.45, 7) is 2.25. The molecule has 0 spiro atoms. The number of fused-ring (bicyclic) bond motifs is 1. The lowest BCUT2D eigenvalue weighted by Crippen LogP contribution is -2.49. The second kappa shape index (κ2) is 5.90. The predicted molar refractivity (Wildman–Crippen MR) is 88.0 cm³/mol. The lowest BCUT2D eigenvalue weighted by atomic mass is 9.93. The Hall–Kier alpha value is -2.58. The van der Waals surface area contributed by atoms with Crippen LogP contribution < -0.4 is 10.6 Å². The van der Waals surface area contributed by atoms with Crippen molar-refractivity contribution < 1.29 is 4.79 Å². The number of aromatic nitrogens is 1. The summed E-state index contributed by atoms with van der Waals surface area (Å²) < 4.78 is 0. The van der Waals surface area contributed by atoms with Crippen LogP contribution in [0.25, 0.3) is 0 Å². The van der Waals surface area contributed by atoms with Crippen LogP contribution in [0.15, 0.2) is 30.5 Å². The van der Waals surface area contributed by atoms with Gasteiger partial charge in [-0.1, -0.05) is 35.9 Å². The molecule has 5 nitrogen and oxygen atoms in total. The molecule has 1 aromatic heterocycles. The monoisotopic (exact) mass is 326 g/mol. The number of nitrogens with zero attached hydrogens (tertiary/aromatic N) is 3. The van der Waals surface area contributed by atoms with Gasteiger partial charge in [0.15, 0.2) is 0 Å².